The van der Waals surface area contributed by atoms with Gasteiger partial charge in [0.15, 0.2) is 0 Å². The molecule has 0 radical (unpaired) electrons. The van der Waals surface area contributed by atoms with Crippen molar-refractivity contribution in [1.82, 2.24) is 14.5 Å². The summed E-state index contributed by atoms with van der Waals surface area (Å²) >= 11 is 0. The number of carbonyl (C=O) groups excluding carboxylic acids is 1. The number of halogens is 3. The smallest absolute Gasteiger partial charge is 0.405 e. The number of carbonyl (C=O) groups is 1. The van der Waals surface area contributed by atoms with E-state index in [9.17, 15) is 27.6 Å². The molecule has 190 valence electrons. The van der Waals surface area contributed by atoms with Crippen molar-refractivity contribution in [2.75, 3.05) is 0 Å². The number of nitrogens with zero attached hydrogens (tertiary/aromatic N) is 2. The van der Waals surface area contributed by atoms with Crippen LogP contribution in [0, 0.1) is 5.92 Å². The Hall–Kier alpha value is -3.86. The van der Waals surface area contributed by atoms with Crippen molar-refractivity contribution in [3.8, 4) is 5.75 Å². The molecule has 1 saturated carbocycles. The first-order chi connectivity index (χ1) is 17.2. The third-order valence-corrected chi connectivity index (χ3v) is 5.62. The van der Waals surface area contributed by atoms with Crippen LogP contribution in [0.4, 0.5) is 13.2 Å². The number of nitrogens with one attached hydrogen (secondary N) is 1. The Bertz CT molecular complexity index is 1330. The molecule has 2 aromatic carbocycles. The normalized spacial score (nSPS) is 13.4. The second-order valence-electron chi connectivity index (χ2n) is 8.43. The molecule has 1 aliphatic carbocycles. The second-order valence-corrected chi connectivity index (χ2v) is 8.43. The Morgan fingerprint density at radius 2 is 1.69 bits per heavy atom. The highest BCUT2D eigenvalue weighted by Crippen LogP contribution is 2.29. The van der Waals surface area contributed by atoms with E-state index in [1.165, 1.54) is 18.2 Å². The van der Waals surface area contributed by atoms with Crippen LogP contribution in [0.5, 0.6) is 5.75 Å². The average Bonchev–Trinajstić information content (AvgIpc) is 3.66. The number of benzene rings is 2. The minimum atomic E-state index is -4.90. The van der Waals surface area contributed by atoms with Crippen LogP contribution in [0.3, 0.4) is 0 Å². The van der Waals surface area contributed by atoms with Gasteiger partial charge < -0.3 is 14.8 Å². The van der Waals surface area contributed by atoms with Crippen molar-refractivity contribution in [2.24, 2.45) is 5.92 Å². The summed E-state index contributed by atoms with van der Waals surface area (Å²) < 4.78 is 49.9. The predicted octanol–water partition coefficient (Wildman–Crippen LogP) is 3.42. The highest BCUT2D eigenvalue weighted by Gasteiger charge is 2.32. The number of ether oxygens (including phenoxy) is 2. The fraction of sp³-hybridized carbons (Fsp3) is 0.320. The molecule has 1 aromatic heterocycles. The van der Waals surface area contributed by atoms with Gasteiger partial charge >= 0.3 is 12.1 Å². The molecule has 0 spiro atoms. The van der Waals surface area contributed by atoms with Crippen molar-refractivity contribution in [2.45, 2.75) is 45.6 Å². The monoisotopic (exact) mass is 503 g/mol. The van der Waals surface area contributed by atoms with Gasteiger partial charge in [-0.05, 0) is 30.4 Å². The zero-order valence-electron chi connectivity index (χ0n) is 19.2. The molecule has 4 rings (SSSR count). The van der Waals surface area contributed by atoms with Crippen molar-refractivity contribution in [1.29, 1.82) is 0 Å². The van der Waals surface area contributed by atoms with E-state index in [0.717, 1.165) is 39.7 Å². The summed E-state index contributed by atoms with van der Waals surface area (Å²) in [6, 6.07) is 15.6. The van der Waals surface area contributed by atoms with Gasteiger partial charge in [-0.1, -0.05) is 48.5 Å². The van der Waals surface area contributed by atoms with Crippen LogP contribution in [-0.4, -0.2) is 21.4 Å². The zero-order chi connectivity index (χ0) is 25.7. The Kier molecular flexibility index (Phi) is 7.58. The summed E-state index contributed by atoms with van der Waals surface area (Å²) in [5.41, 5.74) is -0.645. The van der Waals surface area contributed by atoms with E-state index < -0.39 is 29.3 Å². The van der Waals surface area contributed by atoms with Gasteiger partial charge in [-0.15, -0.1) is 13.2 Å². The van der Waals surface area contributed by atoms with E-state index in [2.05, 4.69) is 10.1 Å². The summed E-state index contributed by atoms with van der Waals surface area (Å²) in [7, 11) is 0. The van der Waals surface area contributed by atoms with Crippen LogP contribution in [0.25, 0.3) is 0 Å². The number of hydrogen-bond donors (Lipinski definition) is 1. The molecule has 1 fully saturated rings. The van der Waals surface area contributed by atoms with E-state index in [1.54, 1.807) is 0 Å². The Labute approximate surface area is 203 Å². The molecule has 36 heavy (non-hydrogen) atoms. The molecule has 0 unspecified atom stereocenters. The Morgan fingerprint density at radius 3 is 2.39 bits per heavy atom. The third-order valence-electron chi connectivity index (χ3n) is 5.62. The minimum Gasteiger partial charge on any atom is -0.405 e. The standard InChI is InChI=1S/C25H24F3N3O5/c26-25(27,28)36-21-9-5-4-8-19(21)13-29-23(33)20-12-22(32)30(14-17-10-11-17)24(34)31(20)16-35-15-18-6-2-1-3-7-18/h1-9,12,17H,10-11,13-16H2,(H,29,33). The number of para-hydroxylation sites is 1. The molecular weight excluding hydrogens is 479 g/mol. The molecule has 8 nitrogen and oxygen atoms in total. The van der Waals surface area contributed by atoms with Gasteiger partial charge in [0, 0.05) is 24.7 Å². The van der Waals surface area contributed by atoms with E-state index in [0.29, 0.717) is 0 Å². The summed E-state index contributed by atoms with van der Waals surface area (Å²) in [4.78, 5) is 38.8. The average molecular weight is 503 g/mol. The second kappa shape index (κ2) is 10.8. The largest absolute Gasteiger partial charge is 0.573 e. The molecule has 0 atom stereocenters. The maximum absolute atomic E-state index is 13.1. The van der Waals surface area contributed by atoms with Crippen LogP contribution in [-0.2, 0) is 31.2 Å². The summed E-state index contributed by atoms with van der Waals surface area (Å²) in [5.74, 6) is -1.04. The highest BCUT2D eigenvalue weighted by atomic mass is 19.4. The van der Waals surface area contributed by atoms with Gasteiger partial charge in [0.2, 0.25) is 0 Å². The molecule has 0 aliphatic heterocycles. The van der Waals surface area contributed by atoms with Crippen molar-refractivity contribution >= 4 is 5.91 Å². The fourth-order valence-corrected chi connectivity index (χ4v) is 3.62. The first kappa shape index (κ1) is 25.2. The SMILES string of the molecule is O=C(NCc1ccccc1OC(F)(F)F)c1cc(=O)n(CC2CC2)c(=O)n1COCc1ccccc1. The lowest BCUT2D eigenvalue weighted by Gasteiger charge is -2.16. The van der Waals surface area contributed by atoms with E-state index in [4.69, 9.17) is 4.74 Å². The number of amides is 1. The molecule has 0 saturated heterocycles. The molecule has 0 bridgehead atoms. The first-order valence-corrected chi connectivity index (χ1v) is 11.3. The maximum atomic E-state index is 13.1. The molecular formula is C25H24F3N3O5. The highest BCUT2D eigenvalue weighted by molar-refractivity contribution is 5.92. The zero-order valence-corrected chi connectivity index (χ0v) is 19.2. The maximum Gasteiger partial charge on any atom is 0.573 e. The molecule has 1 amide bonds. The van der Waals surface area contributed by atoms with E-state index in [1.807, 2.05) is 30.3 Å². The minimum absolute atomic E-state index is 0.0690. The summed E-state index contributed by atoms with van der Waals surface area (Å²) in [5, 5.41) is 2.47. The van der Waals surface area contributed by atoms with Gasteiger partial charge in [0.05, 0.1) is 6.61 Å². The molecule has 1 heterocycles. The summed E-state index contributed by atoms with van der Waals surface area (Å²) in [6.07, 6.45) is -3.07. The quantitative estimate of drug-likeness (QED) is 0.458. The Balaban J connectivity index is 1.56. The number of alkyl halides is 3. The predicted molar refractivity (Wildman–Crippen MR) is 123 cm³/mol. The van der Waals surface area contributed by atoms with E-state index in [-0.39, 0.29) is 43.6 Å². The lowest BCUT2D eigenvalue weighted by atomic mass is 10.2. The van der Waals surface area contributed by atoms with Crippen molar-refractivity contribution in [3.63, 3.8) is 0 Å². The number of aromatic nitrogens is 2. The van der Waals surface area contributed by atoms with Crippen molar-refractivity contribution < 1.29 is 27.4 Å². The van der Waals surface area contributed by atoms with Gasteiger partial charge in [0.1, 0.15) is 18.2 Å². The van der Waals surface area contributed by atoms with Gasteiger partial charge in [-0.25, -0.2) is 4.79 Å². The number of hydrogen-bond acceptors (Lipinski definition) is 5. The molecule has 3 aromatic rings. The van der Waals surface area contributed by atoms with Crippen LogP contribution < -0.4 is 21.3 Å². The molecule has 1 aliphatic rings. The topological polar surface area (TPSA) is 91.6 Å². The van der Waals surface area contributed by atoms with E-state index >= 15 is 0 Å². The Morgan fingerprint density at radius 1 is 1.00 bits per heavy atom. The summed E-state index contributed by atoms with van der Waals surface area (Å²) in [6.45, 7) is -0.205. The van der Waals surface area contributed by atoms with Crippen molar-refractivity contribution in [3.05, 3.63) is 98.3 Å². The lowest BCUT2D eigenvalue weighted by molar-refractivity contribution is -0.274. The van der Waals surface area contributed by atoms with Crippen LogP contribution in [0.2, 0.25) is 0 Å². The third kappa shape index (κ3) is 6.63. The molecule has 1 N–H and O–H groups in total. The van der Waals surface area contributed by atoms with Gasteiger partial charge in [-0.2, -0.15) is 0 Å². The lowest BCUT2D eigenvalue weighted by Crippen LogP contribution is -2.44. The first-order valence-electron chi connectivity index (χ1n) is 11.3. The van der Waals surface area contributed by atoms with Crippen LogP contribution in [0.1, 0.15) is 34.5 Å². The fourth-order valence-electron chi connectivity index (χ4n) is 3.62. The van der Waals surface area contributed by atoms with Gasteiger partial charge in [0.25, 0.3) is 11.5 Å². The van der Waals surface area contributed by atoms with Crippen LogP contribution >= 0.6 is 0 Å². The molecule has 11 heteroatoms. The van der Waals surface area contributed by atoms with Gasteiger partial charge in [-0.3, -0.25) is 18.7 Å². The van der Waals surface area contributed by atoms with Crippen LogP contribution in [0.15, 0.2) is 70.3 Å². The number of rotatable bonds is 10.